The molecule has 25 heavy (non-hydrogen) atoms. The molecule has 3 nitrogen and oxygen atoms in total. The van der Waals surface area contributed by atoms with Crippen molar-refractivity contribution in [3.05, 3.63) is 76.9 Å². The second kappa shape index (κ2) is 9.09. The van der Waals surface area contributed by atoms with E-state index in [1.54, 1.807) is 0 Å². The van der Waals surface area contributed by atoms with Gasteiger partial charge >= 0.3 is 0 Å². The number of nitrogens with two attached hydrogens (primary N) is 1. The highest BCUT2D eigenvalue weighted by Gasteiger charge is 2.13. The Morgan fingerprint density at radius 3 is 2.56 bits per heavy atom. The minimum atomic E-state index is 0.502. The number of benzene rings is 1. The number of allylic oxidation sites excluding steroid dienone is 5. The number of rotatable bonds is 4. The fourth-order valence-corrected chi connectivity index (χ4v) is 2.79. The maximum atomic E-state index is 5.84. The van der Waals surface area contributed by atoms with Gasteiger partial charge in [0.1, 0.15) is 0 Å². The first kappa shape index (κ1) is 18.8. The Hall–Kier alpha value is -2.52. The molecule has 0 saturated carbocycles. The number of nitrogens with zero attached hydrogens (tertiary/aromatic N) is 2. The summed E-state index contributed by atoms with van der Waals surface area (Å²) >= 11 is 0. The molecule has 0 atom stereocenters. The maximum absolute atomic E-state index is 5.84. The second-order valence-electron chi connectivity index (χ2n) is 6.09. The Labute approximate surface area is 151 Å². The number of aryl methyl sites for hydroxylation is 1. The van der Waals surface area contributed by atoms with Gasteiger partial charge in [0.2, 0.25) is 0 Å². The molecule has 2 N–H and O–H groups in total. The first-order chi connectivity index (χ1) is 12.1. The quantitative estimate of drug-likeness (QED) is 0.801. The number of hydrogen-bond acceptors (Lipinski definition) is 3. The Balaban J connectivity index is 2.71. The van der Waals surface area contributed by atoms with Crippen molar-refractivity contribution < 1.29 is 0 Å². The van der Waals surface area contributed by atoms with Crippen LogP contribution in [0.25, 0.3) is 5.70 Å². The summed E-state index contributed by atoms with van der Waals surface area (Å²) in [7, 11) is 1.82. The average Bonchev–Trinajstić information content (AvgIpc) is 2.69. The molecule has 1 aromatic rings. The van der Waals surface area contributed by atoms with E-state index in [9.17, 15) is 0 Å². The first-order valence-electron chi connectivity index (χ1n) is 8.61. The monoisotopic (exact) mass is 333 g/mol. The zero-order valence-electron chi connectivity index (χ0n) is 15.6. The van der Waals surface area contributed by atoms with Crippen LogP contribution in [-0.2, 0) is 0 Å². The van der Waals surface area contributed by atoms with Crippen molar-refractivity contribution in [1.29, 1.82) is 0 Å². The molecule has 1 aliphatic heterocycles. The van der Waals surface area contributed by atoms with Crippen LogP contribution in [0.2, 0.25) is 0 Å². The second-order valence-corrected chi connectivity index (χ2v) is 6.09. The van der Waals surface area contributed by atoms with Crippen LogP contribution >= 0.6 is 0 Å². The molecule has 0 unspecified atom stereocenters. The SMILES string of the molecule is C/C=C\C(=NC)/C1=C(c2ccc(C)cc2)/N=C(C)/C=C(CN)\C=C/C1. The third kappa shape index (κ3) is 4.97. The minimum absolute atomic E-state index is 0.502. The summed E-state index contributed by atoms with van der Waals surface area (Å²) in [6.45, 7) is 6.61. The molecule has 0 bridgehead atoms. The normalized spacial score (nSPS) is 24.8. The van der Waals surface area contributed by atoms with Crippen LogP contribution in [0, 0.1) is 6.92 Å². The Morgan fingerprint density at radius 2 is 1.96 bits per heavy atom. The zero-order valence-corrected chi connectivity index (χ0v) is 15.6. The summed E-state index contributed by atoms with van der Waals surface area (Å²) in [6, 6.07) is 8.48. The summed E-state index contributed by atoms with van der Waals surface area (Å²) in [6.07, 6.45) is 11.1. The molecular weight excluding hydrogens is 306 g/mol. The van der Waals surface area contributed by atoms with Crippen LogP contribution in [0.15, 0.2) is 75.8 Å². The van der Waals surface area contributed by atoms with Crippen molar-refractivity contribution in [2.75, 3.05) is 13.6 Å². The van der Waals surface area contributed by atoms with Gasteiger partial charge in [-0.3, -0.25) is 9.98 Å². The van der Waals surface area contributed by atoms with Gasteiger partial charge < -0.3 is 5.73 Å². The predicted molar refractivity (Wildman–Crippen MR) is 110 cm³/mol. The van der Waals surface area contributed by atoms with Crippen molar-refractivity contribution in [2.45, 2.75) is 27.2 Å². The van der Waals surface area contributed by atoms with Crippen molar-refractivity contribution in [3.63, 3.8) is 0 Å². The van der Waals surface area contributed by atoms with E-state index >= 15 is 0 Å². The van der Waals surface area contributed by atoms with E-state index in [-0.39, 0.29) is 0 Å². The van der Waals surface area contributed by atoms with Crippen LogP contribution < -0.4 is 5.73 Å². The number of hydrogen-bond donors (Lipinski definition) is 1. The molecule has 0 amide bonds. The van der Waals surface area contributed by atoms with E-state index in [1.165, 1.54) is 5.56 Å². The van der Waals surface area contributed by atoms with Crippen molar-refractivity contribution in [3.8, 4) is 0 Å². The van der Waals surface area contributed by atoms with Crippen LogP contribution in [0.1, 0.15) is 31.4 Å². The molecule has 1 aliphatic rings. The molecule has 0 fully saturated rings. The molecule has 0 saturated heterocycles. The fourth-order valence-electron chi connectivity index (χ4n) is 2.79. The van der Waals surface area contributed by atoms with E-state index in [2.05, 4.69) is 48.3 Å². The largest absolute Gasteiger partial charge is 0.326 e. The molecule has 3 heteroatoms. The van der Waals surface area contributed by atoms with E-state index in [1.807, 2.05) is 39.1 Å². The third-order valence-electron chi connectivity index (χ3n) is 4.06. The van der Waals surface area contributed by atoms with E-state index in [4.69, 9.17) is 10.7 Å². The van der Waals surface area contributed by atoms with Crippen LogP contribution in [0.3, 0.4) is 0 Å². The van der Waals surface area contributed by atoms with E-state index in [0.29, 0.717) is 6.54 Å². The fraction of sp³-hybridized carbons (Fsp3) is 0.273. The predicted octanol–water partition coefficient (Wildman–Crippen LogP) is 4.66. The highest BCUT2D eigenvalue weighted by Crippen LogP contribution is 2.26. The summed E-state index contributed by atoms with van der Waals surface area (Å²) in [5.41, 5.74) is 13.2. The summed E-state index contributed by atoms with van der Waals surface area (Å²) in [4.78, 5) is 9.43. The van der Waals surface area contributed by atoms with Gasteiger partial charge in [0.15, 0.2) is 0 Å². The molecule has 2 rings (SSSR count). The minimum Gasteiger partial charge on any atom is -0.326 e. The third-order valence-corrected chi connectivity index (χ3v) is 4.06. The topological polar surface area (TPSA) is 50.7 Å². The lowest BCUT2D eigenvalue weighted by atomic mass is 9.98. The maximum Gasteiger partial charge on any atom is 0.0761 e. The molecule has 130 valence electrons. The lowest BCUT2D eigenvalue weighted by molar-refractivity contribution is 1.18. The van der Waals surface area contributed by atoms with Gasteiger partial charge in [0, 0.05) is 30.4 Å². The van der Waals surface area contributed by atoms with Gasteiger partial charge in [0.25, 0.3) is 0 Å². The van der Waals surface area contributed by atoms with Gasteiger partial charge in [-0.2, -0.15) is 0 Å². The van der Waals surface area contributed by atoms with Crippen LogP contribution in [0.5, 0.6) is 0 Å². The lowest BCUT2D eigenvalue weighted by Crippen LogP contribution is -2.04. The van der Waals surface area contributed by atoms with Gasteiger partial charge in [-0.05, 0) is 44.9 Å². The summed E-state index contributed by atoms with van der Waals surface area (Å²) in [5.74, 6) is 0. The standard InChI is InChI=1S/C22H27N3/c1-5-7-21(24-4)20-9-6-8-18(15-23)14-17(3)25-22(20)19-12-10-16(2)11-13-19/h5-8,10-14H,9,15,23H2,1-4H3/b7-5-,8-6-,18-14+,22-20+,24-21?,25-17+. The molecule has 1 aromatic carbocycles. The van der Waals surface area contributed by atoms with E-state index in [0.717, 1.165) is 40.3 Å². The van der Waals surface area contributed by atoms with Gasteiger partial charge in [-0.15, -0.1) is 0 Å². The number of aliphatic imine (C=N–C) groups is 2. The summed E-state index contributed by atoms with van der Waals surface area (Å²) in [5, 5.41) is 0. The average molecular weight is 333 g/mol. The highest BCUT2D eigenvalue weighted by molar-refractivity contribution is 6.14. The summed E-state index contributed by atoms with van der Waals surface area (Å²) < 4.78 is 0. The van der Waals surface area contributed by atoms with Crippen LogP contribution in [-0.4, -0.2) is 25.0 Å². The Morgan fingerprint density at radius 1 is 1.24 bits per heavy atom. The van der Waals surface area contributed by atoms with Crippen molar-refractivity contribution in [1.82, 2.24) is 0 Å². The van der Waals surface area contributed by atoms with Gasteiger partial charge in [-0.25, -0.2) is 0 Å². The smallest absolute Gasteiger partial charge is 0.0761 e. The van der Waals surface area contributed by atoms with Crippen LogP contribution in [0.4, 0.5) is 0 Å². The molecule has 1 heterocycles. The van der Waals surface area contributed by atoms with E-state index < -0.39 is 0 Å². The zero-order chi connectivity index (χ0) is 18.2. The Kier molecular flexibility index (Phi) is 6.84. The molecular formula is C22H27N3. The molecule has 0 radical (unpaired) electrons. The van der Waals surface area contributed by atoms with Crippen molar-refractivity contribution in [2.24, 2.45) is 15.7 Å². The van der Waals surface area contributed by atoms with Crippen molar-refractivity contribution >= 4 is 17.1 Å². The molecule has 0 spiro atoms. The highest BCUT2D eigenvalue weighted by atomic mass is 14.8. The van der Waals surface area contributed by atoms with Gasteiger partial charge in [0.05, 0.1) is 11.4 Å². The Bertz CT molecular complexity index is 785. The molecule has 0 aliphatic carbocycles. The lowest BCUT2D eigenvalue weighted by Gasteiger charge is -2.12. The molecule has 0 aromatic heterocycles. The first-order valence-corrected chi connectivity index (χ1v) is 8.61. The van der Waals surface area contributed by atoms with Gasteiger partial charge in [-0.1, -0.05) is 48.1 Å².